The average Bonchev–Trinajstić information content (AvgIpc) is 2.26. The minimum absolute atomic E-state index is 0.0344. The lowest BCUT2D eigenvalue weighted by molar-refractivity contribution is 0.269. The Morgan fingerprint density at radius 1 is 1.21 bits per heavy atom. The summed E-state index contributed by atoms with van der Waals surface area (Å²) in [6, 6.07) is 3.86. The summed E-state index contributed by atoms with van der Waals surface area (Å²) in [6.07, 6.45) is 0.910. The molecule has 0 fully saturated rings. The zero-order valence-electron chi connectivity index (χ0n) is 8.83. The van der Waals surface area contributed by atoms with E-state index in [2.05, 4.69) is 6.92 Å². The molecule has 0 amide bonds. The molecule has 0 unspecified atom stereocenters. The predicted octanol–water partition coefficient (Wildman–Crippen LogP) is 1.76. The highest BCUT2D eigenvalue weighted by Gasteiger charge is 2.10. The molecule has 0 aliphatic rings. The average molecular weight is 196 g/mol. The smallest absolute Gasteiger partial charge is 0.166 e. The molecule has 0 heterocycles. The Morgan fingerprint density at radius 2 is 1.93 bits per heavy atom. The number of methoxy groups -OCH3 is 2. The van der Waals surface area contributed by atoms with Gasteiger partial charge in [0, 0.05) is 5.56 Å². The Bertz CT molecular complexity index is 282. The number of aliphatic hydroxyl groups is 1. The largest absolute Gasteiger partial charge is 0.493 e. The number of aliphatic hydroxyl groups excluding tert-OH is 1. The number of benzene rings is 1. The minimum atomic E-state index is -0.0344. The second-order valence-electron chi connectivity index (χ2n) is 3.00. The molecule has 0 atom stereocenters. The maximum atomic E-state index is 9.15. The number of hydrogen-bond acceptors (Lipinski definition) is 3. The van der Waals surface area contributed by atoms with E-state index in [1.807, 2.05) is 12.1 Å². The number of ether oxygens (including phenoxy) is 2. The third-order valence-electron chi connectivity index (χ3n) is 2.19. The lowest BCUT2D eigenvalue weighted by Gasteiger charge is -2.13. The molecule has 0 spiro atoms. The molecular weight excluding hydrogens is 180 g/mol. The molecule has 0 saturated heterocycles. The molecule has 0 aromatic heterocycles. The van der Waals surface area contributed by atoms with Gasteiger partial charge in [0.15, 0.2) is 11.5 Å². The summed E-state index contributed by atoms with van der Waals surface area (Å²) in [5, 5.41) is 9.15. The second-order valence-corrected chi connectivity index (χ2v) is 3.00. The van der Waals surface area contributed by atoms with E-state index in [4.69, 9.17) is 14.6 Å². The summed E-state index contributed by atoms with van der Waals surface area (Å²) in [6.45, 7) is 2.02. The normalized spacial score (nSPS) is 10.0. The van der Waals surface area contributed by atoms with Crippen LogP contribution in [0.3, 0.4) is 0 Å². The quantitative estimate of drug-likeness (QED) is 0.797. The van der Waals surface area contributed by atoms with Gasteiger partial charge in [-0.25, -0.2) is 0 Å². The van der Waals surface area contributed by atoms with Crippen molar-refractivity contribution in [1.29, 1.82) is 0 Å². The van der Waals surface area contributed by atoms with Gasteiger partial charge in [-0.3, -0.25) is 0 Å². The van der Waals surface area contributed by atoms with Gasteiger partial charge in [0.05, 0.1) is 20.8 Å². The maximum absolute atomic E-state index is 9.15. The topological polar surface area (TPSA) is 38.7 Å². The fourth-order valence-corrected chi connectivity index (χ4v) is 1.43. The lowest BCUT2D eigenvalue weighted by atomic mass is 10.1. The third-order valence-corrected chi connectivity index (χ3v) is 2.19. The van der Waals surface area contributed by atoms with Gasteiger partial charge in [0.1, 0.15) is 0 Å². The molecule has 14 heavy (non-hydrogen) atoms. The van der Waals surface area contributed by atoms with Crippen LogP contribution in [0.1, 0.15) is 18.1 Å². The molecule has 0 saturated carbocycles. The molecule has 0 aliphatic carbocycles. The minimum Gasteiger partial charge on any atom is -0.493 e. The lowest BCUT2D eigenvalue weighted by Crippen LogP contribution is -1.98. The van der Waals surface area contributed by atoms with E-state index in [0.717, 1.165) is 17.5 Å². The van der Waals surface area contributed by atoms with Crippen molar-refractivity contribution in [2.75, 3.05) is 14.2 Å². The Kier molecular flexibility index (Phi) is 3.77. The van der Waals surface area contributed by atoms with E-state index in [9.17, 15) is 0 Å². The first-order valence-electron chi connectivity index (χ1n) is 4.61. The summed E-state index contributed by atoms with van der Waals surface area (Å²) in [5.41, 5.74) is 1.90. The zero-order valence-corrected chi connectivity index (χ0v) is 8.83. The first-order chi connectivity index (χ1) is 6.76. The first-order valence-corrected chi connectivity index (χ1v) is 4.61. The van der Waals surface area contributed by atoms with Crippen molar-refractivity contribution in [2.24, 2.45) is 0 Å². The molecule has 0 aliphatic heterocycles. The van der Waals surface area contributed by atoms with Crippen LogP contribution < -0.4 is 9.47 Å². The fraction of sp³-hybridized carbons (Fsp3) is 0.455. The summed E-state index contributed by atoms with van der Waals surface area (Å²) in [7, 11) is 3.17. The van der Waals surface area contributed by atoms with Crippen molar-refractivity contribution in [2.45, 2.75) is 20.0 Å². The van der Waals surface area contributed by atoms with Crippen molar-refractivity contribution in [3.63, 3.8) is 0 Å². The van der Waals surface area contributed by atoms with Crippen molar-refractivity contribution in [3.05, 3.63) is 23.3 Å². The number of rotatable bonds is 4. The summed E-state index contributed by atoms with van der Waals surface area (Å²) >= 11 is 0. The second kappa shape index (κ2) is 4.86. The van der Waals surface area contributed by atoms with Crippen LogP contribution in [0.5, 0.6) is 11.5 Å². The SMILES string of the molecule is CCc1cc(CO)c(OC)c(OC)c1. The van der Waals surface area contributed by atoms with E-state index in [1.165, 1.54) is 0 Å². The van der Waals surface area contributed by atoms with Crippen LogP contribution in [0.25, 0.3) is 0 Å². The van der Waals surface area contributed by atoms with Gasteiger partial charge in [-0.1, -0.05) is 6.92 Å². The van der Waals surface area contributed by atoms with Crippen molar-refractivity contribution < 1.29 is 14.6 Å². The standard InChI is InChI=1S/C11H16O3/c1-4-8-5-9(7-12)11(14-3)10(6-8)13-2/h5-6,12H,4,7H2,1-3H3. The third kappa shape index (κ3) is 1.99. The van der Waals surface area contributed by atoms with Crippen LogP contribution in [0.15, 0.2) is 12.1 Å². The van der Waals surface area contributed by atoms with Gasteiger partial charge in [-0.2, -0.15) is 0 Å². The van der Waals surface area contributed by atoms with E-state index >= 15 is 0 Å². The number of aryl methyl sites for hydroxylation is 1. The van der Waals surface area contributed by atoms with Crippen molar-refractivity contribution in [3.8, 4) is 11.5 Å². The molecule has 1 N–H and O–H groups in total. The van der Waals surface area contributed by atoms with Gasteiger partial charge < -0.3 is 14.6 Å². The molecule has 3 heteroatoms. The highest BCUT2D eigenvalue weighted by atomic mass is 16.5. The predicted molar refractivity (Wildman–Crippen MR) is 54.8 cm³/mol. The molecule has 3 nitrogen and oxygen atoms in total. The number of hydrogen-bond donors (Lipinski definition) is 1. The Hall–Kier alpha value is -1.22. The van der Waals surface area contributed by atoms with Crippen LogP contribution >= 0.6 is 0 Å². The molecule has 0 radical (unpaired) electrons. The van der Waals surface area contributed by atoms with Crippen LogP contribution in [0.2, 0.25) is 0 Å². The van der Waals surface area contributed by atoms with Crippen molar-refractivity contribution in [1.82, 2.24) is 0 Å². The Morgan fingerprint density at radius 3 is 2.36 bits per heavy atom. The van der Waals surface area contributed by atoms with E-state index in [-0.39, 0.29) is 6.61 Å². The van der Waals surface area contributed by atoms with E-state index < -0.39 is 0 Å². The van der Waals surface area contributed by atoms with Crippen LogP contribution in [0.4, 0.5) is 0 Å². The van der Waals surface area contributed by atoms with E-state index in [0.29, 0.717) is 11.5 Å². The van der Waals surface area contributed by atoms with Gasteiger partial charge in [0.2, 0.25) is 0 Å². The van der Waals surface area contributed by atoms with Gasteiger partial charge >= 0.3 is 0 Å². The van der Waals surface area contributed by atoms with Crippen molar-refractivity contribution >= 4 is 0 Å². The van der Waals surface area contributed by atoms with Crippen LogP contribution in [0, 0.1) is 0 Å². The Balaban J connectivity index is 3.24. The molecule has 78 valence electrons. The molecule has 1 aromatic carbocycles. The highest BCUT2D eigenvalue weighted by molar-refractivity contribution is 5.49. The summed E-state index contributed by atoms with van der Waals surface area (Å²) < 4.78 is 10.4. The van der Waals surface area contributed by atoms with Gasteiger partial charge in [-0.05, 0) is 24.1 Å². The van der Waals surface area contributed by atoms with Gasteiger partial charge in [0.25, 0.3) is 0 Å². The first kappa shape index (κ1) is 10.9. The molecule has 1 rings (SSSR count). The fourth-order valence-electron chi connectivity index (χ4n) is 1.43. The Labute approximate surface area is 84.3 Å². The zero-order chi connectivity index (χ0) is 10.6. The van der Waals surface area contributed by atoms with E-state index in [1.54, 1.807) is 14.2 Å². The molecular formula is C11H16O3. The van der Waals surface area contributed by atoms with Gasteiger partial charge in [-0.15, -0.1) is 0 Å². The molecule has 1 aromatic rings. The summed E-state index contributed by atoms with van der Waals surface area (Å²) in [5.74, 6) is 1.29. The summed E-state index contributed by atoms with van der Waals surface area (Å²) in [4.78, 5) is 0. The highest BCUT2D eigenvalue weighted by Crippen LogP contribution is 2.32. The monoisotopic (exact) mass is 196 g/mol. The van der Waals surface area contributed by atoms with Crippen LogP contribution in [-0.4, -0.2) is 19.3 Å². The van der Waals surface area contributed by atoms with Crippen LogP contribution in [-0.2, 0) is 13.0 Å². The molecule has 0 bridgehead atoms. The maximum Gasteiger partial charge on any atom is 0.166 e.